The number of rotatable bonds is 7. The summed E-state index contributed by atoms with van der Waals surface area (Å²) in [4.78, 5) is 13.2. The lowest BCUT2D eigenvalue weighted by molar-refractivity contribution is -0.916. The van der Waals surface area contributed by atoms with Crippen LogP contribution in [0.25, 0.3) is 0 Å². The third-order valence-corrected chi connectivity index (χ3v) is 7.38. The van der Waals surface area contributed by atoms with E-state index >= 15 is 0 Å². The first-order valence-electron chi connectivity index (χ1n) is 11.5. The minimum absolute atomic E-state index is 0. The van der Waals surface area contributed by atoms with E-state index in [1.165, 1.54) is 29.8 Å². The number of benzene rings is 3. The summed E-state index contributed by atoms with van der Waals surface area (Å²) in [6.45, 7) is 3.46. The Labute approximate surface area is 217 Å². The first-order chi connectivity index (χ1) is 15.9. The highest BCUT2D eigenvalue weighted by molar-refractivity contribution is 5.85. The normalized spacial score (nSPS) is 26.6. The number of quaternary nitrogens is 1. The molecule has 0 radical (unpaired) electrons. The van der Waals surface area contributed by atoms with Gasteiger partial charge in [0.05, 0.1) is 26.7 Å². The fourth-order valence-electron chi connectivity index (χ4n) is 5.61. The predicted molar refractivity (Wildman–Crippen MR) is 123 cm³/mol. The van der Waals surface area contributed by atoms with Crippen LogP contribution in [-0.2, 0) is 21.7 Å². The van der Waals surface area contributed by atoms with E-state index in [9.17, 15) is 14.3 Å². The summed E-state index contributed by atoms with van der Waals surface area (Å²) in [6, 6.07) is 24.6. The maximum Gasteiger partial charge on any atom is 0.347 e. The molecular weight excluding hydrogens is 544 g/mol. The molecule has 0 spiro atoms. The highest BCUT2D eigenvalue weighted by atomic mass is 127. The molecule has 1 saturated heterocycles. The maximum atomic E-state index is 13.5. The molecule has 5 rings (SSSR count). The Hall–Kier alpha value is -2.29. The van der Waals surface area contributed by atoms with E-state index in [1.54, 1.807) is 24.3 Å². The zero-order valence-corrected chi connectivity index (χ0v) is 21.3. The first kappa shape index (κ1) is 24.8. The summed E-state index contributed by atoms with van der Waals surface area (Å²) >= 11 is 0. The smallest absolute Gasteiger partial charge is 0.347 e. The highest BCUT2D eigenvalue weighted by Crippen LogP contribution is 2.54. The van der Waals surface area contributed by atoms with Gasteiger partial charge in [-0.25, -0.2) is 9.18 Å². The lowest BCUT2D eigenvalue weighted by Gasteiger charge is -2.32. The molecule has 3 aromatic rings. The van der Waals surface area contributed by atoms with Crippen molar-refractivity contribution in [1.82, 2.24) is 0 Å². The molecule has 3 unspecified atom stereocenters. The van der Waals surface area contributed by atoms with Crippen molar-refractivity contribution >= 4 is 5.97 Å². The zero-order chi connectivity index (χ0) is 23.1. The number of piperidine rings is 1. The SMILES string of the molecule is C[N+]1(Cc2ccccc2)CC2C(COC(=O)C(O)(c3ccccc3)c3ccc(F)cc3)C2C1.[I-]. The molecule has 0 amide bonds. The lowest BCUT2D eigenvalue weighted by atomic mass is 9.86. The molecule has 2 fully saturated rings. The van der Waals surface area contributed by atoms with Crippen molar-refractivity contribution in [2.75, 3.05) is 26.7 Å². The Bertz CT molecular complexity index is 1110. The van der Waals surface area contributed by atoms with Crippen LogP contribution in [0.3, 0.4) is 0 Å². The summed E-state index contributed by atoms with van der Waals surface area (Å²) in [6.07, 6.45) is 0. The van der Waals surface area contributed by atoms with E-state index in [1.807, 2.05) is 12.1 Å². The Kier molecular flexibility index (Phi) is 7.12. The number of nitrogens with zero attached hydrogens (tertiary/aromatic N) is 1. The summed E-state index contributed by atoms with van der Waals surface area (Å²) in [5.74, 6) is 0.283. The van der Waals surface area contributed by atoms with Gasteiger partial charge in [-0.3, -0.25) is 0 Å². The van der Waals surface area contributed by atoms with E-state index in [-0.39, 0.29) is 24.0 Å². The second-order valence-electron chi connectivity index (χ2n) is 9.80. The quantitative estimate of drug-likeness (QED) is 0.262. The average Bonchev–Trinajstić information content (AvgIpc) is 3.32. The number of aliphatic hydroxyl groups is 1. The van der Waals surface area contributed by atoms with Crippen molar-refractivity contribution in [3.63, 3.8) is 0 Å². The second kappa shape index (κ2) is 9.76. The predicted octanol–water partition coefficient (Wildman–Crippen LogP) is 1.13. The Morgan fingerprint density at radius 1 is 0.941 bits per heavy atom. The number of likely N-dealkylation sites (tertiary alicyclic amines) is 1. The van der Waals surface area contributed by atoms with Crippen LogP contribution >= 0.6 is 0 Å². The second-order valence-corrected chi connectivity index (χ2v) is 9.80. The van der Waals surface area contributed by atoms with Crippen molar-refractivity contribution in [3.05, 3.63) is 107 Å². The van der Waals surface area contributed by atoms with Gasteiger partial charge in [-0.2, -0.15) is 0 Å². The molecule has 0 aromatic heterocycles. The van der Waals surface area contributed by atoms with Gasteiger partial charge < -0.3 is 38.3 Å². The van der Waals surface area contributed by atoms with Gasteiger partial charge in [0.2, 0.25) is 5.60 Å². The first-order valence-corrected chi connectivity index (χ1v) is 11.5. The summed E-state index contributed by atoms with van der Waals surface area (Å²) < 4.78 is 20.2. The third-order valence-electron chi connectivity index (χ3n) is 7.38. The number of hydrogen-bond donors (Lipinski definition) is 1. The minimum Gasteiger partial charge on any atom is -1.00 e. The Balaban J connectivity index is 0.00000274. The molecule has 1 heterocycles. The number of carbonyl (C=O) groups excluding carboxylic acids is 1. The molecule has 3 aromatic carbocycles. The van der Waals surface area contributed by atoms with Gasteiger partial charge in [0, 0.05) is 23.3 Å². The lowest BCUT2D eigenvalue weighted by Crippen LogP contribution is -3.00. The average molecular weight is 573 g/mol. The molecule has 34 heavy (non-hydrogen) atoms. The molecule has 3 atom stereocenters. The monoisotopic (exact) mass is 573 g/mol. The Morgan fingerprint density at radius 3 is 2.06 bits per heavy atom. The van der Waals surface area contributed by atoms with Crippen LogP contribution in [0, 0.1) is 23.6 Å². The summed E-state index contributed by atoms with van der Waals surface area (Å²) in [5, 5.41) is 11.5. The van der Waals surface area contributed by atoms with Crippen LogP contribution in [0.4, 0.5) is 4.39 Å². The highest BCUT2D eigenvalue weighted by Gasteiger charge is 2.62. The molecule has 178 valence electrons. The topological polar surface area (TPSA) is 46.5 Å². The van der Waals surface area contributed by atoms with Gasteiger partial charge in [-0.15, -0.1) is 0 Å². The van der Waals surface area contributed by atoms with Crippen molar-refractivity contribution < 1.29 is 47.5 Å². The van der Waals surface area contributed by atoms with Crippen LogP contribution < -0.4 is 24.0 Å². The summed E-state index contributed by atoms with van der Waals surface area (Å²) in [7, 11) is 2.30. The van der Waals surface area contributed by atoms with Crippen molar-refractivity contribution in [1.29, 1.82) is 0 Å². The largest absolute Gasteiger partial charge is 1.00 e. The number of esters is 1. The number of hydrogen-bond acceptors (Lipinski definition) is 3. The summed E-state index contributed by atoms with van der Waals surface area (Å²) in [5.41, 5.74) is 0.0704. The van der Waals surface area contributed by atoms with E-state index in [2.05, 4.69) is 31.3 Å². The van der Waals surface area contributed by atoms with Gasteiger partial charge in [0.15, 0.2) is 0 Å². The van der Waals surface area contributed by atoms with E-state index in [0.717, 1.165) is 24.1 Å². The van der Waals surface area contributed by atoms with Crippen LogP contribution in [0.5, 0.6) is 0 Å². The third kappa shape index (κ3) is 4.76. The molecule has 2 aliphatic rings. The molecule has 1 N–H and O–H groups in total. The molecule has 4 nitrogen and oxygen atoms in total. The van der Waals surface area contributed by atoms with Gasteiger partial charge in [0.1, 0.15) is 12.4 Å². The molecule has 0 bridgehead atoms. The minimum atomic E-state index is -1.98. The van der Waals surface area contributed by atoms with E-state index < -0.39 is 17.4 Å². The fraction of sp³-hybridized carbons (Fsp3) is 0.321. The molecule has 1 aliphatic heterocycles. The van der Waals surface area contributed by atoms with Crippen molar-refractivity contribution in [2.45, 2.75) is 12.1 Å². The van der Waals surface area contributed by atoms with Crippen LogP contribution in [0.15, 0.2) is 84.9 Å². The van der Waals surface area contributed by atoms with Crippen LogP contribution in [0.1, 0.15) is 16.7 Å². The standard InChI is InChI=1S/C28H29FNO3.HI/c1-30(16-20-8-4-2-5-9-20)17-24-25(18-30)26(24)19-33-27(31)28(32,21-10-6-3-7-11-21)22-12-14-23(29)15-13-22;/h2-15,24-26,32H,16-19H2,1H3;1H/q+1;/p-1. The number of ether oxygens (including phenoxy) is 1. The van der Waals surface area contributed by atoms with Crippen molar-refractivity contribution in [2.24, 2.45) is 17.8 Å². The van der Waals surface area contributed by atoms with Crippen LogP contribution in [0.2, 0.25) is 0 Å². The number of carbonyl (C=O) groups is 1. The molecule has 1 aliphatic carbocycles. The molecule has 6 heteroatoms. The van der Waals surface area contributed by atoms with E-state index in [0.29, 0.717) is 35.5 Å². The maximum absolute atomic E-state index is 13.5. The zero-order valence-electron chi connectivity index (χ0n) is 19.1. The van der Waals surface area contributed by atoms with Gasteiger partial charge in [-0.1, -0.05) is 72.8 Å². The number of fused-ring (bicyclic) bond motifs is 1. The molecule has 1 saturated carbocycles. The van der Waals surface area contributed by atoms with Gasteiger partial charge >= 0.3 is 5.97 Å². The van der Waals surface area contributed by atoms with Gasteiger partial charge in [0.25, 0.3) is 0 Å². The Morgan fingerprint density at radius 2 is 1.47 bits per heavy atom. The number of halogens is 2. The molecular formula is C28H29FINO3. The fourth-order valence-corrected chi connectivity index (χ4v) is 5.61. The van der Waals surface area contributed by atoms with Gasteiger partial charge in [-0.05, 0) is 23.3 Å². The van der Waals surface area contributed by atoms with E-state index in [4.69, 9.17) is 4.74 Å². The van der Waals surface area contributed by atoms with Crippen molar-refractivity contribution in [3.8, 4) is 0 Å². The van der Waals surface area contributed by atoms with Crippen LogP contribution in [-0.4, -0.2) is 42.3 Å².